The second-order valence-corrected chi connectivity index (χ2v) is 4.61. The molecule has 0 amide bonds. The number of hydrogen-bond acceptors (Lipinski definition) is 2. The van der Waals surface area contributed by atoms with E-state index in [1.54, 1.807) is 0 Å². The Kier molecular flexibility index (Phi) is 1.74. The molecule has 72 valence electrons. The van der Waals surface area contributed by atoms with Crippen molar-refractivity contribution in [2.45, 2.75) is 39.3 Å². The van der Waals surface area contributed by atoms with Crippen LogP contribution in [0.4, 0.5) is 0 Å². The summed E-state index contributed by atoms with van der Waals surface area (Å²) in [5.41, 5.74) is 2.41. The lowest BCUT2D eigenvalue weighted by atomic mass is 10.1. The minimum Gasteiger partial charge on any atom is -0.368 e. The molecule has 1 aromatic heterocycles. The molecule has 2 heterocycles. The zero-order valence-corrected chi connectivity index (χ0v) is 8.66. The highest BCUT2D eigenvalue weighted by molar-refractivity contribution is 5.22. The zero-order chi connectivity index (χ0) is 9.64. The highest BCUT2D eigenvalue weighted by atomic mass is 16.6. The molecular formula is C10H16N2O. The Hall–Kier alpha value is -0.830. The summed E-state index contributed by atoms with van der Waals surface area (Å²) in [6.45, 7) is 9.35. The zero-order valence-electron chi connectivity index (χ0n) is 8.66. The summed E-state index contributed by atoms with van der Waals surface area (Å²) in [5.74, 6) is 0. The number of epoxide rings is 1. The Morgan fingerprint density at radius 1 is 1.54 bits per heavy atom. The molecule has 0 radical (unpaired) electrons. The Bertz CT molecular complexity index is 318. The van der Waals surface area contributed by atoms with E-state index < -0.39 is 0 Å². The summed E-state index contributed by atoms with van der Waals surface area (Å²) >= 11 is 0. The van der Waals surface area contributed by atoms with Crippen LogP contribution in [-0.4, -0.2) is 16.4 Å². The topological polar surface area (TPSA) is 30.4 Å². The molecule has 0 spiro atoms. The van der Waals surface area contributed by atoms with Crippen LogP contribution in [0.25, 0.3) is 0 Å². The lowest BCUT2D eigenvalue weighted by molar-refractivity contribution is 0.353. The van der Waals surface area contributed by atoms with E-state index in [2.05, 4.69) is 32.1 Å². The summed E-state index contributed by atoms with van der Waals surface area (Å²) in [7, 11) is 0. The summed E-state index contributed by atoms with van der Waals surface area (Å²) in [6.07, 6.45) is 2.42. The average molecular weight is 180 g/mol. The SMILES string of the molecule is Cc1nn(C(C)(C)C)cc1[C@@H]1CO1. The van der Waals surface area contributed by atoms with E-state index >= 15 is 0 Å². The summed E-state index contributed by atoms with van der Waals surface area (Å²) in [6, 6.07) is 0. The molecule has 0 saturated carbocycles. The lowest BCUT2D eigenvalue weighted by Gasteiger charge is -2.18. The van der Waals surface area contributed by atoms with Gasteiger partial charge in [-0.15, -0.1) is 0 Å². The van der Waals surface area contributed by atoms with Crippen LogP contribution in [0.1, 0.15) is 38.1 Å². The molecule has 3 nitrogen and oxygen atoms in total. The molecule has 0 aromatic carbocycles. The maximum Gasteiger partial charge on any atom is 0.109 e. The van der Waals surface area contributed by atoms with Gasteiger partial charge in [0.05, 0.1) is 17.8 Å². The van der Waals surface area contributed by atoms with E-state index in [1.165, 1.54) is 5.56 Å². The normalized spacial score (nSPS) is 22.0. The predicted octanol–water partition coefficient (Wildman–Crippen LogP) is 2.02. The van der Waals surface area contributed by atoms with Crippen molar-refractivity contribution in [2.75, 3.05) is 6.61 Å². The first kappa shape index (κ1) is 8.75. The van der Waals surface area contributed by atoms with Crippen molar-refractivity contribution in [3.05, 3.63) is 17.5 Å². The smallest absolute Gasteiger partial charge is 0.109 e. The van der Waals surface area contributed by atoms with Gasteiger partial charge in [0.2, 0.25) is 0 Å². The van der Waals surface area contributed by atoms with Gasteiger partial charge in [0.25, 0.3) is 0 Å². The molecule has 1 saturated heterocycles. The molecule has 13 heavy (non-hydrogen) atoms. The van der Waals surface area contributed by atoms with Crippen molar-refractivity contribution >= 4 is 0 Å². The highest BCUT2D eigenvalue weighted by Crippen LogP contribution is 2.32. The fraction of sp³-hybridized carbons (Fsp3) is 0.700. The summed E-state index contributed by atoms with van der Waals surface area (Å²) in [5, 5.41) is 4.48. The third-order valence-electron chi connectivity index (χ3n) is 2.30. The van der Waals surface area contributed by atoms with E-state index in [9.17, 15) is 0 Å². The third-order valence-corrected chi connectivity index (χ3v) is 2.30. The van der Waals surface area contributed by atoms with Crippen molar-refractivity contribution in [3.63, 3.8) is 0 Å². The first-order valence-electron chi connectivity index (χ1n) is 4.67. The standard InChI is InChI=1S/C10H16N2O/c1-7-8(9-6-13-9)5-12(11-7)10(2,3)4/h5,9H,6H2,1-4H3/t9-/m0/s1. The minimum absolute atomic E-state index is 0.0674. The lowest BCUT2D eigenvalue weighted by Crippen LogP contribution is -2.22. The Morgan fingerprint density at radius 2 is 2.15 bits per heavy atom. The van der Waals surface area contributed by atoms with Crippen molar-refractivity contribution in [2.24, 2.45) is 0 Å². The molecule has 1 aliphatic heterocycles. The van der Waals surface area contributed by atoms with Crippen LogP contribution >= 0.6 is 0 Å². The quantitative estimate of drug-likeness (QED) is 0.619. The van der Waals surface area contributed by atoms with Gasteiger partial charge in [-0.2, -0.15) is 5.10 Å². The van der Waals surface area contributed by atoms with Crippen molar-refractivity contribution in [1.29, 1.82) is 0 Å². The van der Waals surface area contributed by atoms with Crippen LogP contribution in [0, 0.1) is 6.92 Å². The van der Waals surface area contributed by atoms with Crippen LogP contribution in [0.15, 0.2) is 6.20 Å². The maximum absolute atomic E-state index is 5.25. The first-order valence-corrected chi connectivity index (χ1v) is 4.67. The van der Waals surface area contributed by atoms with Gasteiger partial charge in [0.1, 0.15) is 6.10 Å². The molecule has 0 bridgehead atoms. The number of aryl methyl sites for hydroxylation is 1. The average Bonchev–Trinajstić information content (AvgIpc) is 2.73. The number of aromatic nitrogens is 2. The maximum atomic E-state index is 5.25. The summed E-state index contributed by atoms with van der Waals surface area (Å²) in [4.78, 5) is 0. The van der Waals surface area contributed by atoms with Crippen molar-refractivity contribution in [3.8, 4) is 0 Å². The van der Waals surface area contributed by atoms with Gasteiger partial charge >= 0.3 is 0 Å². The van der Waals surface area contributed by atoms with Crippen molar-refractivity contribution < 1.29 is 4.74 Å². The van der Waals surface area contributed by atoms with E-state index in [0.717, 1.165) is 12.3 Å². The van der Waals surface area contributed by atoms with Gasteiger partial charge in [-0.1, -0.05) is 0 Å². The molecule has 1 aliphatic rings. The Labute approximate surface area is 78.7 Å². The largest absolute Gasteiger partial charge is 0.368 e. The predicted molar refractivity (Wildman–Crippen MR) is 50.7 cm³/mol. The fourth-order valence-electron chi connectivity index (χ4n) is 1.36. The molecule has 1 fully saturated rings. The molecule has 2 rings (SSSR count). The minimum atomic E-state index is 0.0674. The summed E-state index contributed by atoms with van der Waals surface area (Å²) < 4.78 is 7.26. The van der Waals surface area contributed by atoms with Gasteiger partial charge in [-0.3, -0.25) is 4.68 Å². The van der Waals surface area contributed by atoms with Crippen LogP contribution in [0.3, 0.4) is 0 Å². The van der Waals surface area contributed by atoms with Gasteiger partial charge in [0, 0.05) is 11.8 Å². The van der Waals surface area contributed by atoms with E-state index in [1.807, 2.05) is 11.6 Å². The number of nitrogens with zero attached hydrogens (tertiary/aromatic N) is 2. The van der Waals surface area contributed by atoms with E-state index in [4.69, 9.17) is 4.74 Å². The van der Waals surface area contributed by atoms with Crippen LogP contribution in [0.2, 0.25) is 0 Å². The van der Waals surface area contributed by atoms with Crippen molar-refractivity contribution in [1.82, 2.24) is 9.78 Å². The molecule has 1 atom stereocenters. The molecular weight excluding hydrogens is 164 g/mol. The molecule has 0 aliphatic carbocycles. The number of ether oxygens (including phenoxy) is 1. The molecule has 0 unspecified atom stereocenters. The van der Waals surface area contributed by atoms with Crippen LogP contribution < -0.4 is 0 Å². The van der Waals surface area contributed by atoms with Gasteiger partial charge < -0.3 is 4.74 Å². The first-order chi connectivity index (χ1) is 5.98. The monoisotopic (exact) mass is 180 g/mol. The number of hydrogen-bond donors (Lipinski definition) is 0. The Balaban J connectivity index is 2.34. The number of rotatable bonds is 1. The molecule has 3 heteroatoms. The van der Waals surface area contributed by atoms with Crippen LogP contribution in [-0.2, 0) is 10.3 Å². The van der Waals surface area contributed by atoms with Gasteiger partial charge in [-0.25, -0.2) is 0 Å². The molecule has 1 aromatic rings. The third kappa shape index (κ3) is 1.61. The second-order valence-electron chi connectivity index (χ2n) is 4.61. The van der Waals surface area contributed by atoms with Gasteiger partial charge in [0.15, 0.2) is 0 Å². The van der Waals surface area contributed by atoms with E-state index in [0.29, 0.717) is 6.10 Å². The van der Waals surface area contributed by atoms with E-state index in [-0.39, 0.29) is 5.54 Å². The van der Waals surface area contributed by atoms with Crippen LogP contribution in [0.5, 0.6) is 0 Å². The van der Waals surface area contributed by atoms with Gasteiger partial charge in [-0.05, 0) is 27.7 Å². The Morgan fingerprint density at radius 3 is 2.54 bits per heavy atom. The highest BCUT2D eigenvalue weighted by Gasteiger charge is 2.29. The molecule has 0 N–H and O–H groups in total. The second kappa shape index (κ2) is 2.58. The fourth-order valence-corrected chi connectivity index (χ4v) is 1.36.